The number of carbonyl (C=O) groups excluding carboxylic acids is 1. The first-order valence-electron chi connectivity index (χ1n) is 8.97. The molecule has 1 aromatic carbocycles. The van der Waals surface area contributed by atoms with E-state index in [0.717, 1.165) is 19.3 Å². The van der Waals surface area contributed by atoms with Gasteiger partial charge in [-0.05, 0) is 37.0 Å². The number of amides is 1. The summed E-state index contributed by atoms with van der Waals surface area (Å²) in [6.07, 6.45) is 4.44. The van der Waals surface area contributed by atoms with E-state index in [2.05, 4.69) is 12.2 Å². The van der Waals surface area contributed by atoms with Gasteiger partial charge in [0.2, 0.25) is 10.0 Å². The predicted molar refractivity (Wildman–Crippen MR) is 94.9 cm³/mol. The fourth-order valence-corrected chi connectivity index (χ4v) is 4.97. The van der Waals surface area contributed by atoms with Crippen LogP contribution in [-0.4, -0.2) is 51.0 Å². The maximum atomic E-state index is 12.7. The summed E-state index contributed by atoms with van der Waals surface area (Å²) in [7, 11) is -3.59. The molecule has 0 aromatic heterocycles. The number of morpholine rings is 1. The third-order valence-corrected chi connectivity index (χ3v) is 7.03. The van der Waals surface area contributed by atoms with Crippen LogP contribution in [0, 0.1) is 5.92 Å². The van der Waals surface area contributed by atoms with Crippen LogP contribution in [0.15, 0.2) is 29.2 Å². The monoisotopic (exact) mass is 366 g/mol. The van der Waals surface area contributed by atoms with Gasteiger partial charge in [-0.15, -0.1) is 0 Å². The van der Waals surface area contributed by atoms with Gasteiger partial charge in [-0.1, -0.05) is 25.8 Å². The topological polar surface area (TPSA) is 75.7 Å². The molecular formula is C18H26N2O4S. The molecule has 25 heavy (non-hydrogen) atoms. The fraction of sp³-hybridized carbons (Fsp3) is 0.611. The smallest absolute Gasteiger partial charge is 0.251 e. The first-order valence-corrected chi connectivity index (χ1v) is 10.4. The molecule has 2 aliphatic rings. The van der Waals surface area contributed by atoms with Gasteiger partial charge in [0.25, 0.3) is 5.91 Å². The zero-order valence-corrected chi connectivity index (χ0v) is 15.4. The molecular weight excluding hydrogens is 340 g/mol. The van der Waals surface area contributed by atoms with E-state index in [4.69, 9.17) is 4.74 Å². The second kappa shape index (κ2) is 7.85. The fourth-order valence-electron chi connectivity index (χ4n) is 3.52. The molecule has 0 bridgehead atoms. The Balaban J connectivity index is 1.75. The largest absolute Gasteiger partial charge is 0.379 e. The van der Waals surface area contributed by atoms with Crippen molar-refractivity contribution in [1.82, 2.24) is 9.62 Å². The Morgan fingerprint density at radius 2 is 1.92 bits per heavy atom. The minimum Gasteiger partial charge on any atom is -0.379 e. The highest BCUT2D eigenvalue weighted by molar-refractivity contribution is 7.89. The van der Waals surface area contributed by atoms with Crippen molar-refractivity contribution >= 4 is 15.9 Å². The average Bonchev–Trinajstić information content (AvgIpc) is 2.64. The molecule has 7 heteroatoms. The highest BCUT2D eigenvalue weighted by Crippen LogP contribution is 2.24. The van der Waals surface area contributed by atoms with E-state index >= 15 is 0 Å². The molecule has 2 atom stereocenters. The molecule has 1 saturated carbocycles. The summed E-state index contributed by atoms with van der Waals surface area (Å²) in [5, 5.41) is 3.08. The Hall–Kier alpha value is -1.44. The van der Waals surface area contributed by atoms with Crippen LogP contribution in [0.1, 0.15) is 43.0 Å². The van der Waals surface area contributed by atoms with E-state index in [1.54, 1.807) is 18.2 Å². The van der Waals surface area contributed by atoms with Gasteiger partial charge < -0.3 is 10.1 Å². The number of hydrogen-bond acceptors (Lipinski definition) is 4. The molecule has 6 nitrogen and oxygen atoms in total. The molecule has 1 aliphatic carbocycles. The van der Waals surface area contributed by atoms with Gasteiger partial charge in [-0.3, -0.25) is 4.79 Å². The molecule has 0 unspecified atom stereocenters. The van der Waals surface area contributed by atoms with Gasteiger partial charge >= 0.3 is 0 Å². The number of benzene rings is 1. The van der Waals surface area contributed by atoms with Crippen molar-refractivity contribution in [1.29, 1.82) is 0 Å². The van der Waals surface area contributed by atoms with E-state index in [-0.39, 0.29) is 16.8 Å². The summed E-state index contributed by atoms with van der Waals surface area (Å²) >= 11 is 0. The van der Waals surface area contributed by atoms with E-state index in [9.17, 15) is 13.2 Å². The van der Waals surface area contributed by atoms with Crippen LogP contribution >= 0.6 is 0 Å². The molecule has 1 amide bonds. The molecule has 1 saturated heterocycles. The van der Waals surface area contributed by atoms with Crippen LogP contribution in [0.25, 0.3) is 0 Å². The lowest BCUT2D eigenvalue weighted by molar-refractivity contribution is 0.0730. The summed E-state index contributed by atoms with van der Waals surface area (Å²) in [5.74, 6) is 0.260. The number of rotatable bonds is 4. The highest BCUT2D eigenvalue weighted by Gasteiger charge is 2.28. The number of ether oxygens (including phenoxy) is 1. The van der Waals surface area contributed by atoms with E-state index < -0.39 is 10.0 Å². The van der Waals surface area contributed by atoms with Crippen LogP contribution in [-0.2, 0) is 14.8 Å². The number of hydrogen-bond donors (Lipinski definition) is 1. The van der Waals surface area contributed by atoms with Gasteiger partial charge in [0.15, 0.2) is 0 Å². The van der Waals surface area contributed by atoms with Crippen LogP contribution in [0.5, 0.6) is 0 Å². The minimum absolute atomic E-state index is 0.166. The lowest BCUT2D eigenvalue weighted by Crippen LogP contribution is -2.41. The van der Waals surface area contributed by atoms with Crippen molar-refractivity contribution in [3.8, 4) is 0 Å². The molecule has 1 aliphatic heterocycles. The van der Waals surface area contributed by atoms with Crippen LogP contribution in [0.4, 0.5) is 0 Å². The first kappa shape index (κ1) is 18.4. The summed E-state index contributed by atoms with van der Waals surface area (Å²) < 4.78 is 32.1. The number of nitrogens with zero attached hydrogens (tertiary/aromatic N) is 1. The summed E-state index contributed by atoms with van der Waals surface area (Å²) in [4.78, 5) is 12.7. The van der Waals surface area contributed by atoms with Gasteiger partial charge in [0.05, 0.1) is 18.1 Å². The standard InChI is InChI=1S/C18H26N2O4S/c1-14-5-2-3-8-17(14)19-18(21)15-6-4-7-16(13-15)25(22,23)20-9-11-24-12-10-20/h4,6-7,13-14,17H,2-3,5,8-12H2,1H3,(H,19,21)/t14-,17-/m1/s1. The molecule has 0 spiro atoms. The molecule has 0 radical (unpaired) electrons. The lowest BCUT2D eigenvalue weighted by atomic mass is 9.86. The average molecular weight is 366 g/mol. The second-order valence-corrected chi connectivity index (χ2v) is 8.82. The third-order valence-electron chi connectivity index (χ3n) is 5.13. The molecule has 1 aromatic rings. The molecule has 1 N–H and O–H groups in total. The van der Waals surface area contributed by atoms with Crippen LogP contribution in [0.2, 0.25) is 0 Å². The Bertz CT molecular complexity index is 714. The summed E-state index contributed by atoms with van der Waals surface area (Å²) in [5.41, 5.74) is 0.395. The van der Waals surface area contributed by atoms with Gasteiger partial charge in [-0.2, -0.15) is 4.31 Å². The third kappa shape index (κ3) is 4.22. The zero-order chi connectivity index (χ0) is 17.9. The molecule has 2 fully saturated rings. The SMILES string of the molecule is C[C@@H]1CCCC[C@H]1NC(=O)c1cccc(S(=O)(=O)N2CCOCC2)c1. The maximum Gasteiger partial charge on any atom is 0.251 e. The normalized spacial score (nSPS) is 25.5. The lowest BCUT2D eigenvalue weighted by Gasteiger charge is -2.29. The Morgan fingerprint density at radius 3 is 2.64 bits per heavy atom. The molecule has 3 rings (SSSR count). The van der Waals surface area contributed by atoms with E-state index in [0.29, 0.717) is 37.8 Å². The number of nitrogens with one attached hydrogen (secondary N) is 1. The van der Waals surface area contributed by atoms with Crippen molar-refractivity contribution in [3.63, 3.8) is 0 Å². The maximum absolute atomic E-state index is 12.7. The Morgan fingerprint density at radius 1 is 1.20 bits per heavy atom. The van der Waals surface area contributed by atoms with Gasteiger partial charge in [-0.25, -0.2) is 8.42 Å². The van der Waals surface area contributed by atoms with Crippen molar-refractivity contribution < 1.29 is 17.9 Å². The van der Waals surface area contributed by atoms with Crippen LogP contribution < -0.4 is 5.32 Å². The highest BCUT2D eigenvalue weighted by atomic mass is 32.2. The zero-order valence-electron chi connectivity index (χ0n) is 14.6. The van der Waals surface area contributed by atoms with Gasteiger partial charge in [0, 0.05) is 24.7 Å². The Labute approximate surface area is 149 Å². The second-order valence-electron chi connectivity index (χ2n) is 6.89. The molecule has 138 valence electrons. The summed E-state index contributed by atoms with van der Waals surface area (Å²) in [6, 6.07) is 6.49. The predicted octanol–water partition coefficient (Wildman–Crippen LogP) is 2.02. The Kier molecular flexibility index (Phi) is 5.76. The van der Waals surface area contributed by atoms with Crippen molar-refractivity contribution in [2.75, 3.05) is 26.3 Å². The first-order chi connectivity index (χ1) is 12.0. The molecule has 1 heterocycles. The van der Waals surface area contributed by atoms with E-state index in [1.807, 2.05) is 0 Å². The number of sulfonamides is 1. The van der Waals surface area contributed by atoms with Crippen LogP contribution in [0.3, 0.4) is 0 Å². The van der Waals surface area contributed by atoms with Crippen molar-refractivity contribution in [3.05, 3.63) is 29.8 Å². The van der Waals surface area contributed by atoms with Crippen molar-refractivity contribution in [2.24, 2.45) is 5.92 Å². The summed E-state index contributed by atoms with van der Waals surface area (Å²) in [6.45, 7) is 3.65. The van der Waals surface area contributed by atoms with Gasteiger partial charge in [0.1, 0.15) is 0 Å². The number of carbonyl (C=O) groups is 1. The quantitative estimate of drug-likeness (QED) is 0.884. The van der Waals surface area contributed by atoms with Crippen molar-refractivity contribution in [2.45, 2.75) is 43.5 Å². The minimum atomic E-state index is -3.59. The van der Waals surface area contributed by atoms with E-state index in [1.165, 1.54) is 16.8 Å².